The molecule has 0 amide bonds. The number of rotatable bonds is 1. The molecule has 0 unspecified atom stereocenters. The maximum Gasteiger partial charge on any atom is 0.138 e. The molecule has 0 aliphatic heterocycles. The monoisotopic (exact) mass is 213 g/mol. The molecule has 3 rings (SSSR count). The van der Waals surface area contributed by atoms with Crippen LogP contribution in [0.5, 0.6) is 0 Å². The van der Waals surface area contributed by atoms with Crippen LogP contribution in [0, 0.1) is 13.1 Å². The molecule has 3 heterocycles. The van der Waals surface area contributed by atoms with Crippen molar-refractivity contribution in [3.8, 4) is 11.3 Å². The average Bonchev–Trinajstić information content (AvgIpc) is 2.84. The van der Waals surface area contributed by atoms with Crippen molar-refractivity contribution in [2.24, 2.45) is 0 Å². The molecule has 0 bridgehead atoms. The molecule has 0 spiro atoms. The second-order valence-corrected chi connectivity index (χ2v) is 4.30. The zero-order valence-electron chi connectivity index (χ0n) is 8.27. The van der Waals surface area contributed by atoms with Crippen LogP contribution >= 0.6 is 11.3 Å². The first-order valence-electron chi connectivity index (χ1n) is 4.73. The fourth-order valence-electron chi connectivity index (χ4n) is 1.55. The van der Waals surface area contributed by atoms with Crippen molar-refractivity contribution in [1.29, 1.82) is 0 Å². The molecule has 3 aromatic heterocycles. The first-order valence-corrected chi connectivity index (χ1v) is 5.68. The molecule has 2 nitrogen and oxygen atoms in total. The highest BCUT2D eigenvalue weighted by atomic mass is 32.1. The van der Waals surface area contributed by atoms with Gasteiger partial charge < -0.3 is 0 Å². The summed E-state index contributed by atoms with van der Waals surface area (Å²) in [5, 5.41) is 4.14. The SMILES string of the molecule is Cc1ccn2[c]c(-c3ccsc3)nc2c1. The maximum absolute atomic E-state index is 4.53. The molecule has 0 saturated heterocycles. The lowest BCUT2D eigenvalue weighted by Crippen LogP contribution is -1.82. The Kier molecular flexibility index (Phi) is 1.86. The largest absolute Gasteiger partial charge is 0.298 e. The predicted octanol–water partition coefficient (Wildman–Crippen LogP) is 3.17. The van der Waals surface area contributed by atoms with E-state index < -0.39 is 0 Å². The van der Waals surface area contributed by atoms with Crippen molar-refractivity contribution in [3.05, 3.63) is 46.9 Å². The topological polar surface area (TPSA) is 17.3 Å². The van der Waals surface area contributed by atoms with Gasteiger partial charge in [-0.2, -0.15) is 11.3 Å². The van der Waals surface area contributed by atoms with Crippen LogP contribution in [0.3, 0.4) is 0 Å². The van der Waals surface area contributed by atoms with Gasteiger partial charge in [0.25, 0.3) is 0 Å². The highest BCUT2D eigenvalue weighted by Crippen LogP contribution is 2.21. The molecule has 0 N–H and O–H groups in total. The van der Waals surface area contributed by atoms with E-state index in [0.29, 0.717) is 0 Å². The fourth-order valence-corrected chi connectivity index (χ4v) is 2.19. The Morgan fingerprint density at radius 3 is 3.13 bits per heavy atom. The number of pyridine rings is 1. The second-order valence-electron chi connectivity index (χ2n) is 3.52. The predicted molar refractivity (Wildman–Crippen MR) is 62.1 cm³/mol. The normalized spacial score (nSPS) is 11.0. The molecule has 3 aromatic rings. The first kappa shape index (κ1) is 8.68. The quantitative estimate of drug-likeness (QED) is 0.607. The number of nitrogens with zero attached hydrogens (tertiary/aromatic N) is 2. The van der Waals surface area contributed by atoms with E-state index in [4.69, 9.17) is 0 Å². The van der Waals surface area contributed by atoms with E-state index in [1.165, 1.54) is 5.56 Å². The minimum absolute atomic E-state index is 0.918. The third-order valence-electron chi connectivity index (χ3n) is 2.34. The van der Waals surface area contributed by atoms with Crippen molar-refractivity contribution >= 4 is 17.0 Å². The smallest absolute Gasteiger partial charge is 0.138 e. The van der Waals surface area contributed by atoms with Gasteiger partial charge in [-0.3, -0.25) is 4.40 Å². The number of imidazole rings is 1. The number of aromatic nitrogens is 2. The van der Waals surface area contributed by atoms with Crippen LogP contribution in [0.25, 0.3) is 16.9 Å². The lowest BCUT2D eigenvalue weighted by atomic mass is 10.3. The molecule has 73 valence electrons. The van der Waals surface area contributed by atoms with Gasteiger partial charge in [0.2, 0.25) is 0 Å². The summed E-state index contributed by atoms with van der Waals surface area (Å²) < 4.78 is 1.93. The Morgan fingerprint density at radius 2 is 2.33 bits per heavy atom. The van der Waals surface area contributed by atoms with E-state index in [0.717, 1.165) is 16.9 Å². The van der Waals surface area contributed by atoms with Crippen molar-refractivity contribution < 1.29 is 0 Å². The minimum Gasteiger partial charge on any atom is -0.298 e. The summed E-state index contributed by atoms with van der Waals surface area (Å²) in [4.78, 5) is 4.53. The molecule has 0 aliphatic rings. The van der Waals surface area contributed by atoms with Gasteiger partial charge in [0.1, 0.15) is 5.65 Å². The first-order chi connectivity index (χ1) is 7.33. The number of aryl methyl sites for hydroxylation is 1. The van der Waals surface area contributed by atoms with E-state index in [1.54, 1.807) is 11.3 Å². The highest BCUT2D eigenvalue weighted by Gasteiger charge is 2.04. The Hall–Kier alpha value is -1.61. The van der Waals surface area contributed by atoms with Crippen LogP contribution in [0.2, 0.25) is 0 Å². The van der Waals surface area contributed by atoms with E-state index in [1.807, 2.05) is 10.6 Å². The van der Waals surface area contributed by atoms with Gasteiger partial charge in [0.15, 0.2) is 0 Å². The number of hydrogen-bond acceptors (Lipinski definition) is 2. The third kappa shape index (κ3) is 1.45. The molecule has 0 atom stereocenters. The molecule has 3 heteroatoms. The van der Waals surface area contributed by atoms with Crippen LogP contribution < -0.4 is 0 Å². The molecule has 1 radical (unpaired) electrons. The highest BCUT2D eigenvalue weighted by molar-refractivity contribution is 7.08. The zero-order valence-corrected chi connectivity index (χ0v) is 9.08. The maximum atomic E-state index is 4.53. The van der Waals surface area contributed by atoms with Gasteiger partial charge in [-0.1, -0.05) is 0 Å². The molecular formula is C12H9N2S. The zero-order chi connectivity index (χ0) is 10.3. The summed E-state index contributed by atoms with van der Waals surface area (Å²) >= 11 is 1.68. The van der Waals surface area contributed by atoms with Crippen LogP contribution in [0.4, 0.5) is 0 Å². The van der Waals surface area contributed by atoms with Crippen molar-refractivity contribution in [1.82, 2.24) is 9.38 Å². The Bertz CT molecular complexity index is 593. The van der Waals surface area contributed by atoms with Gasteiger partial charge >= 0.3 is 0 Å². The number of hydrogen-bond donors (Lipinski definition) is 0. The van der Waals surface area contributed by atoms with Crippen molar-refractivity contribution in [2.45, 2.75) is 6.92 Å². The van der Waals surface area contributed by atoms with Gasteiger partial charge in [0.05, 0.1) is 11.9 Å². The third-order valence-corrected chi connectivity index (χ3v) is 3.02. The standard InChI is InChI=1S/C12H9N2S/c1-9-2-4-14-7-11(13-12(14)6-9)10-3-5-15-8-10/h2-6,8H,1H3. The Morgan fingerprint density at radius 1 is 1.40 bits per heavy atom. The van der Waals surface area contributed by atoms with Crippen molar-refractivity contribution in [2.75, 3.05) is 0 Å². The average molecular weight is 213 g/mol. The summed E-state index contributed by atoms with van der Waals surface area (Å²) in [6, 6.07) is 6.19. The van der Waals surface area contributed by atoms with E-state index >= 15 is 0 Å². The lowest BCUT2D eigenvalue weighted by Gasteiger charge is -1.92. The van der Waals surface area contributed by atoms with Gasteiger partial charge in [-0.05, 0) is 36.1 Å². The van der Waals surface area contributed by atoms with Gasteiger partial charge in [0, 0.05) is 17.1 Å². The van der Waals surface area contributed by atoms with Crippen LogP contribution in [0.1, 0.15) is 5.56 Å². The van der Waals surface area contributed by atoms with E-state index in [-0.39, 0.29) is 0 Å². The van der Waals surface area contributed by atoms with Crippen molar-refractivity contribution in [3.63, 3.8) is 0 Å². The fraction of sp³-hybridized carbons (Fsp3) is 0.0833. The molecule has 0 saturated carbocycles. The van der Waals surface area contributed by atoms with Crippen LogP contribution in [-0.2, 0) is 0 Å². The molecule has 0 aromatic carbocycles. The molecule has 0 fully saturated rings. The number of thiophene rings is 1. The Labute approximate surface area is 91.8 Å². The summed E-state index contributed by atoms with van der Waals surface area (Å²) in [6.45, 7) is 2.07. The second kappa shape index (κ2) is 3.21. The van der Waals surface area contributed by atoms with Crippen LogP contribution in [0.15, 0.2) is 35.2 Å². The Balaban J connectivity index is 2.22. The minimum atomic E-state index is 0.918. The molecule has 15 heavy (non-hydrogen) atoms. The van der Waals surface area contributed by atoms with E-state index in [2.05, 4.69) is 47.1 Å². The molecular weight excluding hydrogens is 204 g/mol. The van der Waals surface area contributed by atoms with Gasteiger partial charge in [-0.25, -0.2) is 4.98 Å². The van der Waals surface area contributed by atoms with E-state index in [9.17, 15) is 0 Å². The molecule has 0 aliphatic carbocycles. The summed E-state index contributed by atoms with van der Waals surface area (Å²) in [6.07, 6.45) is 5.23. The summed E-state index contributed by atoms with van der Waals surface area (Å²) in [7, 11) is 0. The van der Waals surface area contributed by atoms with Crippen LogP contribution in [-0.4, -0.2) is 9.38 Å². The summed E-state index contributed by atoms with van der Waals surface area (Å²) in [5.41, 5.74) is 4.23. The number of fused-ring (bicyclic) bond motifs is 1. The summed E-state index contributed by atoms with van der Waals surface area (Å²) in [5.74, 6) is 0. The van der Waals surface area contributed by atoms with Gasteiger partial charge in [-0.15, -0.1) is 0 Å². The lowest BCUT2D eigenvalue weighted by molar-refractivity contribution is 1.16.